The summed E-state index contributed by atoms with van der Waals surface area (Å²) >= 11 is 0. The average Bonchev–Trinajstić information content (AvgIpc) is 2.98. The molecule has 1 aromatic heterocycles. The highest BCUT2D eigenvalue weighted by atomic mass is 16.6. The van der Waals surface area contributed by atoms with Gasteiger partial charge in [0.05, 0.1) is 10.8 Å². The molecule has 0 bridgehead atoms. The van der Waals surface area contributed by atoms with E-state index in [0.29, 0.717) is 13.1 Å². The van der Waals surface area contributed by atoms with E-state index in [-0.39, 0.29) is 23.2 Å². The Kier molecular flexibility index (Phi) is 8.03. The van der Waals surface area contributed by atoms with Crippen molar-refractivity contribution >= 4 is 23.2 Å². The quantitative estimate of drug-likeness (QED) is 0.250. The molecule has 39 heavy (non-hydrogen) atoms. The van der Waals surface area contributed by atoms with Crippen molar-refractivity contribution in [3.63, 3.8) is 0 Å². The van der Waals surface area contributed by atoms with Crippen LogP contribution < -0.4 is 15.8 Å². The lowest BCUT2D eigenvalue weighted by Gasteiger charge is -2.35. The fraction of sp³-hybridized carbons (Fsp3) is 0.207. The maximum Gasteiger partial charge on any atom is 0.355 e. The first-order valence-electron chi connectivity index (χ1n) is 12.8. The van der Waals surface area contributed by atoms with E-state index in [9.17, 15) is 14.9 Å². The summed E-state index contributed by atoms with van der Waals surface area (Å²) < 4.78 is 0. The van der Waals surface area contributed by atoms with E-state index in [2.05, 4.69) is 37.9 Å². The fourth-order valence-electron chi connectivity index (χ4n) is 4.80. The first-order chi connectivity index (χ1) is 19.1. The Bertz CT molecular complexity index is 1360. The van der Waals surface area contributed by atoms with Gasteiger partial charge in [-0.1, -0.05) is 91.0 Å². The molecule has 1 aliphatic heterocycles. The molecule has 1 amide bonds. The minimum Gasteiger partial charge on any atom is -0.348 e. The summed E-state index contributed by atoms with van der Waals surface area (Å²) in [5.74, 6) is -0.812. The number of amides is 1. The Morgan fingerprint density at radius 1 is 0.846 bits per heavy atom. The lowest BCUT2D eigenvalue weighted by molar-refractivity contribution is -0.383. The van der Waals surface area contributed by atoms with E-state index >= 15 is 0 Å². The summed E-state index contributed by atoms with van der Waals surface area (Å²) in [5, 5.41) is 12.1. The standard InChI is InChI=1S/C29H29N7O3/c37-29(25(23-12-6-2-7-13-23)24-14-8-3-9-15-24)33-32-27-26(36(38)39)28(31-21-30-27)35-18-16-34(17-19-35)20-22-10-4-1-5-11-22/h1-15,21,25H,16-20H2,(H,33,37)(H,30,31,32). The second-order valence-corrected chi connectivity index (χ2v) is 9.27. The topological polar surface area (TPSA) is 117 Å². The van der Waals surface area contributed by atoms with Gasteiger partial charge in [-0.25, -0.2) is 9.97 Å². The van der Waals surface area contributed by atoms with Gasteiger partial charge >= 0.3 is 5.69 Å². The van der Waals surface area contributed by atoms with Crippen molar-refractivity contribution in [3.05, 3.63) is 124 Å². The third-order valence-electron chi connectivity index (χ3n) is 6.74. The van der Waals surface area contributed by atoms with E-state index in [1.807, 2.05) is 83.8 Å². The van der Waals surface area contributed by atoms with Crippen molar-refractivity contribution in [1.29, 1.82) is 0 Å². The molecule has 0 unspecified atom stereocenters. The van der Waals surface area contributed by atoms with Crippen molar-refractivity contribution in [2.24, 2.45) is 0 Å². The SMILES string of the molecule is O=C(NNc1ncnc(N2CCN(Cc3ccccc3)CC2)c1[N+](=O)[O-])C(c1ccccc1)c1ccccc1. The first-order valence-corrected chi connectivity index (χ1v) is 12.8. The van der Waals surface area contributed by atoms with Crippen LogP contribution in [0.1, 0.15) is 22.6 Å². The largest absolute Gasteiger partial charge is 0.355 e. The number of benzene rings is 3. The van der Waals surface area contributed by atoms with Crippen molar-refractivity contribution in [1.82, 2.24) is 20.3 Å². The fourth-order valence-corrected chi connectivity index (χ4v) is 4.80. The number of hydrogen-bond donors (Lipinski definition) is 2. The molecular formula is C29H29N7O3. The third kappa shape index (κ3) is 6.19. The van der Waals surface area contributed by atoms with Gasteiger partial charge in [0, 0.05) is 32.7 Å². The smallest absolute Gasteiger partial charge is 0.348 e. The third-order valence-corrected chi connectivity index (χ3v) is 6.74. The highest BCUT2D eigenvalue weighted by molar-refractivity contribution is 5.88. The number of nitrogens with zero attached hydrogens (tertiary/aromatic N) is 5. The molecule has 1 saturated heterocycles. The lowest BCUT2D eigenvalue weighted by Crippen LogP contribution is -2.46. The molecule has 0 aliphatic carbocycles. The highest BCUT2D eigenvalue weighted by Gasteiger charge is 2.30. The van der Waals surface area contributed by atoms with Crippen LogP contribution in [-0.2, 0) is 11.3 Å². The van der Waals surface area contributed by atoms with Gasteiger partial charge in [0.2, 0.25) is 17.5 Å². The lowest BCUT2D eigenvalue weighted by atomic mass is 9.91. The van der Waals surface area contributed by atoms with Crippen LogP contribution in [-0.4, -0.2) is 51.9 Å². The van der Waals surface area contributed by atoms with Crippen LogP contribution in [0.3, 0.4) is 0 Å². The molecule has 0 saturated carbocycles. The van der Waals surface area contributed by atoms with Gasteiger partial charge in [0.1, 0.15) is 6.33 Å². The van der Waals surface area contributed by atoms with Gasteiger partial charge in [-0.3, -0.25) is 30.7 Å². The van der Waals surface area contributed by atoms with Crippen LogP contribution in [0.5, 0.6) is 0 Å². The monoisotopic (exact) mass is 523 g/mol. The van der Waals surface area contributed by atoms with E-state index in [1.54, 1.807) is 0 Å². The van der Waals surface area contributed by atoms with Crippen molar-refractivity contribution in [3.8, 4) is 0 Å². The van der Waals surface area contributed by atoms with Gasteiger partial charge in [-0.05, 0) is 16.7 Å². The van der Waals surface area contributed by atoms with Crippen LogP contribution in [0, 0.1) is 10.1 Å². The van der Waals surface area contributed by atoms with Gasteiger partial charge < -0.3 is 4.90 Å². The summed E-state index contributed by atoms with van der Waals surface area (Å²) in [4.78, 5) is 37.6. The van der Waals surface area contributed by atoms with E-state index in [1.165, 1.54) is 11.9 Å². The number of nitrogens with one attached hydrogen (secondary N) is 2. The zero-order chi connectivity index (χ0) is 27.0. The molecule has 0 spiro atoms. The summed E-state index contributed by atoms with van der Waals surface area (Å²) in [6.45, 7) is 3.47. The predicted molar refractivity (Wildman–Crippen MR) is 149 cm³/mol. The van der Waals surface area contributed by atoms with Gasteiger partial charge in [0.15, 0.2) is 0 Å². The van der Waals surface area contributed by atoms with Crippen LogP contribution in [0.25, 0.3) is 0 Å². The number of hydrogen-bond acceptors (Lipinski definition) is 8. The second kappa shape index (κ2) is 12.1. The molecule has 4 aromatic rings. The summed E-state index contributed by atoms with van der Waals surface area (Å²) in [6.07, 6.45) is 1.28. The summed E-state index contributed by atoms with van der Waals surface area (Å²) in [5.41, 5.74) is 7.91. The number of carbonyl (C=O) groups excluding carboxylic acids is 1. The van der Waals surface area contributed by atoms with Gasteiger partial charge in [-0.15, -0.1) is 0 Å². The predicted octanol–water partition coefficient (Wildman–Crippen LogP) is 3.98. The van der Waals surface area contributed by atoms with E-state index < -0.39 is 10.8 Å². The maximum atomic E-state index is 13.4. The van der Waals surface area contributed by atoms with Crippen LogP contribution in [0.2, 0.25) is 0 Å². The zero-order valence-corrected chi connectivity index (χ0v) is 21.3. The number of hydrazine groups is 1. The van der Waals surface area contributed by atoms with Crippen molar-refractivity contribution < 1.29 is 9.72 Å². The van der Waals surface area contributed by atoms with Crippen LogP contribution in [0.15, 0.2) is 97.3 Å². The number of rotatable bonds is 9. The molecule has 5 rings (SSSR count). The first kappa shape index (κ1) is 25.8. The molecule has 10 heteroatoms. The number of carbonyl (C=O) groups is 1. The Morgan fingerprint density at radius 3 is 1.97 bits per heavy atom. The van der Waals surface area contributed by atoms with E-state index in [0.717, 1.165) is 30.8 Å². The molecule has 1 fully saturated rings. The molecule has 1 aliphatic rings. The molecule has 198 valence electrons. The summed E-state index contributed by atoms with van der Waals surface area (Å²) in [7, 11) is 0. The average molecular weight is 524 g/mol. The second-order valence-electron chi connectivity index (χ2n) is 9.27. The Balaban J connectivity index is 1.30. The molecule has 2 heterocycles. The van der Waals surface area contributed by atoms with Gasteiger partial charge in [0.25, 0.3) is 0 Å². The zero-order valence-electron chi connectivity index (χ0n) is 21.3. The van der Waals surface area contributed by atoms with Gasteiger partial charge in [-0.2, -0.15) is 0 Å². The number of anilines is 2. The Morgan fingerprint density at radius 2 is 1.41 bits per heavy atom. The molecule has 0 atom stereocenters. The highest BCUT2D eigenvalue weighted by Crippen LogP contribution is 2.32. The molecule has 3 aromatic carbocycles. The number of piperazine rings is 1. The maximum absolute atomic E-state index is 13.4. The Hall–Kier alpha value is -4.83. The van der Waals surface area contributed by atoms with Crippen LogP contribution in [0.4, 0.5) is 17.3 Å². The minimum absolute atomic E-state index is 0.0649. The molecular weight excluding hydrogens is 494 g/mol. The number of nitro groups is 1. The van der Waals surface area contributed by atoms with E-state index in [4.69, 9.17) is 0 Å². The van der Waals surface area contributed by atoms with Crippen molar-refractivity contribution in [2.45, 2.75) is 12.5 Å². The molecule has 10 nitrogen and oxygen atoms in total. The Labute approximate surface area is 226 Å². The normalized spacial score (nSPS) is 13.7. The van der Waals surface area contributed by atoms with Crippen molar-refractivity contribution in [2.75, 3.05) is 36.5 Å². The molecule has 0 radical (unpaired) electrons. The van der Waals surface area contributed by atoms with Crippen LogP contribution >= 0.6 is 0 Å². The molecule has 2 N–H and O–H groups in total. The minimum atomic E-state index is -0.613. The number of aromatic nitrogens is 2. The summed E-state index contributed by atoms with van der Waals surface area (Å²) in [6, 6.07) is 29.0.